The molecular formula is C21H31N3O3. The van der Waals surface area contributed by atoms with Gasteiger partial charge in [0, 0.05) is 45.5 Å². The lowest BCUT2D eigenvalue weighted by atomic mass is 10.00. The Morgan fingerprint density at radius 1 is 1.15 bits per heavy atom. The van der Waals surface area contributed by atoms with Crippen molar-refractivity contribution in [1.29, 1.82) is 0 Å². The molecule has 0 radical (unpaired) electrons. The van der Waals surface area contributed by atoms with Gasteiger partial charge in [0.25, 0.3) is 5.91 Å². The second-order valence-electron chi connectivity index (χ2n) is 7.53. The normalized spacial score (nSPS) is 23.5. The molecule has 2 fully saturated rings. The monoisotopic (exact) mass is 373 g/mol. The number of amides is 2. The van der Waals surface area contributed by atoms with E-state index in [4.69, 9.17) is 4.74 Å². The quantitative estimate of drug-likeness (QED) is 0.765. The standard InChI is InChI=1S/C21H31N3O3/c1-4-16(2)19(27-3)21(26)23-14-12-22(13-15-23)18-10-11-24(20(18)25)17-8-6-5-7-9-17/h5-9,16,18-19H,4,10-15H2,1-3H3. The van der Waals surface area contributed by atoms with Gasteiger partial charge in [-0.2, -0.15) is 0 Å². The summed E-state index contributed by atoms with van der Waals surface area (Å²) < 4.78 is 5.46. The summed E-state index contributed by atoms with van der Waals surface area (Å²) in [7, 11) is 1.61. The van der Waals surface area contributed by atoms with Crippen LogP contribution < -0.4 is 4.90 Å². The molecule has 1 aromatic rings. The van der Waals surface area contributed by atoms with Crippen LogP contribution in [-0.4, -0.2) is 73.6 Å². The van der Waals surface area contributed by atoms with Gasteiger partial charge in [-0.05, 0) is 24.5 Å². The molecule has 27 heavy (non-hydrogen) atoms. The van der Waals surface area contributed by atoms with Crippen molar-refractivity contribution in [2.24, 2.45) is 5.92 Å². The molecule has 1 aromatic carbocycles. The molecule has 2 heterocycles. The molecular weight excluding hydrogens is 342 g/mol. The number of carbonyl (C=O) groups is 2. The van der Waals surface area contributed by atoms with Gasteiger partial charge < -0.3 is 14.5 Å². The van der Waals surface area contributed by atoms with E-state index in [1.807, 2.05) is 40.1 Å². The molecule has 0 aromatic heterocycles. The highest BCUT2D eigenvalue weighted by Crippen LogP contribution is 2.25. The second kappa shape index (κ2) is 8.85. The average Bonchev–Trinajstić information content (AvgIpc) is 3.10. The number of anilines is 1. The van der Waals surface area contributed by atoms with Gasteiger partial charge in [0.15, 0.2) is 0 Å². The van der Waals surface area contributed by atoms with Crippen LogP contribution in [0.15, 0.2) is 30.3 Å². The van der Waals surface area contributed by atoms with Crippen LogP contribution in [0.3, 0.4) is 0 Å². The summed E-state index contributed by atoms with van der Waals surface area (Å²) in [6.07, 6.45) is 1.38. The van der Waals surface area contributed by atoms with Gasteiger partial charge >= 0.3 is 0 Å². The fraction of sp³-hybridized carbons (Fsp3) is 0.619. The van der Waals surface area contributed by atoms with Gasteiger partial charge in [-0.1, -0.05) is 38.5 Å². The molecule has 2 amide bonds. The summed E-state index contributed by atoms with van der Waals surface area (Å²) in [5.41, 5.74) is 0.968. The number of benzene rings is 1. The molecule has 0 N–H and O–H groups in total. The Balaban J connectivity index is 1.57. The zero-order valence-corrected chi connectivity index (χ0v) is 16.6. The maximum absolute atomic E-state index is 12.9. The fourth-order valence-corrected chi connectivity index (χ4v) is 4.09. The molecule has 148 valence electrons. The lowest BCUT2D eigenvalue weighted by molar-refractivity contribution is -0.147. The molecule has 0 bridgehead atoms. The van der Waals surface area contributed by atoms with Gasteiger partial charge in [-0.25, -0.2) is 0 Å². The highest BCUT2D eigenvalue weighted by molar-refractivity contribution is 5.99. The SMILES string of the molecule is CCC(C)C(OC)C(=O)N1CCN(C2CCN(c3ccccc3)C2=O)CC1. The first-order chi connectivity index (χ1) is 13.1. The number of rotatable bonds is 6. The third-order valence-electron chi connectivity index (χ3n) is 5.97. The summed E-state index contributed by atoms with van der Waals surface area (Å²) >= 11 is 0. The van der Waals surface area contributed by atoms with Gasteiger partial charge in [-0.15, -0.1) is 0 Å². The molecule has 0 aliphatic carbocycles. The molecule has 2 aliphatic rings. The van der Waals surface area contributed by atoms with E-state index < -0.39 is 0 Å². The first-order valence-corrected chi connectivity index (χ1v) is 9.98. The minimum Gasteiger partial charge on any atom is -0.371 e. The van der Waals surface area contributed by atoms with Crippen LogP contribution in [0, 0.1) is 5.92 Å². The van der Waals surface area contributed by atoms with Crippen molar-refractivity contribution in [3.05, 3.63) is 30.3 Å². The molecule has 3 rings (SSSR count). The van der Waals surface area contributed by atoms with Crippen molar-refractivity contribution in [2.45, 2.75) is 38.8 Å². The number of methoxy groups -OCH3 is 1. The Labute approximate surface area is 162 Å². The Bertz CT molecular complexity index is 643. The van der Waals surface area contributed by atoms with E-state index in [1.54, 1.807) is 7.11 Å². The molecule has 3 atom stereocenters. The Morgan fingerprint density at radius 2 is 1.81 bits per heavy atom. The van der Waals surface area contributed by atoms with Crippen LogP contribution in [0.25, 0.3) is 0 Å². The first kappa shape index (κ1) is 19.8. The van der Waals surface area contributed by atoms with Gasteiger partial charge in [0.2, 0.25) is 5.91 Å². The third-order valence-corrected chi connectivity index (χ3v) is 5.97. The molecule has 0 spiro atoms. The van der Waals surface area contributed by atoms with Crippen molar-refractivity contribution in [1.82, 2.24) is 9.80 Å². The Kier molecular flexibility index (Phi) is 6.50. The highest BCUT2D eigenvalue weighted by atomic mass is 16.5. The number of nitrogens with zero attached hydrogens (tertiary/aromatic N) is 3. The van der Waals surface area contributed by atoms with Gasteiger partial charge in [0.05, 0.1) is 6.04 Å². The molecule has 2 aliphatic heterocycles. The van der Waals surface area contributed by atoms with Crippen molar-refractivity contribution < 1.29 is 14.3 Å². The number of ether oxygens (including phenoxy) is 1. The van der Waals surface area contributed by atoms with Crippen molar-refractivity contribution in [3.8, 4) is 0 Å². The van der Waals surface area contributed by atoms with E-state index in [9.17, 15) is 9.59 Å². The Hall–Kier alpha value is -1.92. The van der Waals surface area contributed by atoms with Crippen molar-refractivity contribution in [3.63, 3.8) is 0 Å². The Morgan fingerprint density at radius 3 is 2.41 bits per heavy atom. The minimum atomic E-state index is -0.372. The third kappa shape index (κ3) is 4.17. The van der Waals surface area contributed by atoms with Crippen LogP contribution >= 0.6 is 0 Å². The number of hydrogen-bond acceptors (Lipinski definition) is 4. The van der Waals surface area contributed by atoms with Crippen molar-refractivity contribution >= 4 is 17.5 Å². The minimum absolute atomic E-state index is 0.0738. The topological polar surface area (TPSA) is 53.1 Å². The lowest BCUT2D eigenvalue weighted by Gasteiger charge is -2.39. The highest BCUT2D eigenvalue weighted by Gasteiger charge is 2.39. The van der Waals surface area contributed by atoms with Crippen molar-refractivity contribution in [2.75, 3.05) is 44.7 Å². The predicted molar refractivity (Wildman–Crippen MR) is 106 cm³/mol. The van der Waals surface area contributed by atoms with E-state index in [2.05, 4.69) is 18.7 Å². The molecule has 6 heteroatoms. The summed E-state index contributed by atoms with van der Waals surface area (Å²) in [6, 6.07) is 9.78. The average molecular weight is 373 g/mol. The van der Waals surface area contributed by atoms with Crippen LogP contribution in [-0.2, 0) is 14.3 Å². The predicted octanol–water partition coefficient (Wildman–Crippen LogP) is 2.00. The molecule has 6 nitrogen and oxygen atoms in total. The van der Waals surface area contributed by atoms with Gasteiger partial charge in [0.1, 0.15) is 6.10 Å². The smallest absolute Gasteiger partial charge is 0.252 e. The number of hydrogen-bond donors (Lipinski definition) is 0. The zero-order chi connectivity index (χ0) is 19.4. The molecule has 2 saturated heterocycles. The van der Waals surface area contributed by atoms with Crippen LogP contribution in [0.2, 0.25) is 0 Å². The number of carbonyl (C=O) groups excluding carboxylic acids is 2. The summed E-state index contributed by atoms with van der Waals surface area (Å²) in [5.74, 6) is 0.460. The maximum Gasteiger partial charge on any atom is 0.252 e. The van der Waals surface area contributed by atoms with E-state index in [0.717, 1.165) is 38.2 Å². The van der Waals surface area contributed by atoms with Crippen LogP contribution in [0.1, 0.15) is 26.7 Å². The summed E-state index contributed by atoms with van der Waals surface area (Å²) in [6.45, 7) is 7.67. The zero-order valence-electron chi connectivity index (χ0n) is 16.6. The van der Waals surface area contributed by atoms with Crippen LogP contribution in [0.5, 0.6) is 0 Å². The largest absolute Gasteiger partial charge is 0.371 e. The van der Waals surface area contributed by atoms with E-state index in [1.165, 1.54) is 0 Å². The van der Waals surface area contributed by atoms with E-state index in [0.29, 0.717) is 13.1 Å². The lowest BCUT2D eigenvalue weighted by Crippen LogP contribution is -2.56. The second-order valence-corrected chi connectivity index (χ2v) is 7.53. The molecule has 3 unspecified atom stereocenters. The van der Waals surface area contributed by atoms with Crippen LogP contribution in [0.4, 0.5) is 5.69 Å². The van der Waals surface area contributed by atoms with E-state index in [-0.39, 0.29) is 29.9 Å². The van der Waals surface area contributed by atoms with E-state index >= 15 is 0 Å². The first-order valence-electron chi connectivity index (χ1n) is 9.98. The van der Waals surface area contributed by atoms with Gasteiger partial charge in [-0.3, -0.25) is 14.5 Å². The maximum atomic E-state index is 12.9. The summed E-state index contributed by atoms with van der Waals surface area (Å²) in [5, 5.41) is 0. The number of piperazine rings is 1. The summed E-state index contributed by atoms with van der Waals surface area (Å²) in [4.78, 5) is 31.7. The number of para-hydroxylation sites is 1. The molecule has 0 saturated carbocycles. The fourth-order valence-electron chi connectivity index (χ4n) is 4.09.